The minimum Gasteiger partial charge on any atom is -0.435 e. The quantitative estimate of drug-likeness (QED) is 0.267. The fourth-order valence-corrected chi connectivity index (χ4v) is 3.91. The summed E-state index contributed by atoms with van der Waals surface area (Å²) in [6, 6.07) is 11.4. The van der Waals surface area contributed by atoms with Gasteiger partial charge < -0.3 is 9.47 Å². The van der Waals surface area contributed by atoms with E-state index in [-0.39, 0.29) is 11.3 Å². The molecule has 0 N–H and O–H groups in total. The zero-order chi connectivity index (χ0) is 20.8. The first kappa shape index (κ1) is 21.5. The average molecular weight is 441 g/mol. The van der Waals surface area contributed by atoms with Crippen molar-refractivity contribution in [2.75, 3.05) is 13.7 Å². The van der Waals surface area contributed by atoms with Gasteiger partial charge >= 0.3 is 6.61 Å². The Hall–Kier alpha value is -2.16. The number of thioether (sulfide) groups is 1. The first-order valence-electron chi connectivity index (χ1n) is 8.83. The van der Waals surface area contributed by atoms with E-state index in [1.807, 2.05) is 0 Å². The van der Waals surface area contributed by atoms with E-state index in [0.717, 1.165) is 5.56 Å². The van der Waals surface area contributed by atoms with E-state index < -0.39 is 6.61 Å². The second-order valence-electron chi connectivity index (χ2n) is 6.17. The van der Waals surface area contributed by atoms with Crippen LogP contribution in [0.4, 0.5) is 8.78 Å². The van der Waals surface area contributed by atoms with Crippen LogP contribution in [0.25, 0.3) is 10.9 Å². The van der Waals surface area contributed by atoms with Crippen LogP contribution < -0.4 is 10.3 Å². The molecule has 9 heteroatoms. The number of ether oxygens (including phenoxy) is 2. The molecule has 0 spiro atoms. The van der Waals surface area contributed by atoms with E-state index in [2.05, 4.69) is 9.72 Å². The van der Waals surface area contributed by atoms with E-state index in [9.17, 15) is 13.6 Å². The minimum atomic E-state index is -2.86. The lowest BCUT2D eigenvalue weighted by Gasteiger charge is -2.13. The lowest BCUT2D eigenvalue weighted by Crippen LogP contribution is -2.24. The van der Waals surface area contributed by atoms with Crippen molar-refractivity contribution in [2.24, 2.45) is 0 Å². The van der Waals surface area contributed by atoms with Crippen molar-refractivity contribution < 1.29 is 18.3 Å². The summed E-state index contributed by atoms with van der Waals surface area (Å²) in [5.74, 6) is 0.612. The minimum absolute atomic E-state index is 0.101. The number of rotatable bonds is 9. The summed E-state index contributed by atoms with van der Waals surface area (Å²) >= 11 is 7.44. The largest absolute Gasteiger partial charge is 0.435 e. The highest BCUT2D eigenvalue weighted by atomic mass is 35.5. The summed E-state index contributed by atoms with van der Waals surface area (Å²) in [6.45, 7) is -1.85. The Morgan fingerprint density at radius 1 is 1.21 bits per heavy atom. The summed E-state index contributed by atoms with van der Waals surface area (Å²) in [7, 11) is 1.61. The highest BCUT2D eigenvalue weighted by Crippen LogP contribution is 2.25. The molecule has 154 valence electrons. The van der Waals surface area contributed by atoms with Gasteiger partial charge in [-0.05, 0) is 42.3 Å². The number of hydrogen-bond donors (Lipinski definition) is 0. The first-order valence-corrected chi connectivity index (χ1v) is 10.2. The van der Waals surface area contributed by atoms with Gasteiger partial charge in [0.1, 0.15) is 5.75 Å². The van der Waals surface area contributed by atoms with Gasteiger partial charge in [0, 0.05) is 31.0 Å². The van der Waals surface area contributed by atoms with Crippen molar-refractivity contribution in [1.82, 2.24) is 9.55 Å². The van der Waals surface area contributed by atoms with Gasteiger partial charge in [0.25, 0.3) is 5.56 Å². The Morgan fingerprint density at radius 2 is 1.97 bits per heavy atom. The molecule has 0 atom stereocenters. The second-order valence-corrected chi connectivity index (χ2v) is 7.55. The van der Waals surface area contributed by atoms with Crippen LogP contribution in [0.3, 0.4) is 0 Å². The molecule has 3 aromatic rings. The van der Waals surface area contributed by atoms with Gasteiger partial charge in [-0.15, -0.1) is 0 Å². The van der Waals surface area contributed by atoms with Crippen molar-refractivity contribution >= 4 is 34.3 Å². The van der Waals surface area contributed by atoms with Gasteiger partial charge in [-0.3, -0.25) is 9.36 Å². The number of nitrogens with zero attached hydrogens (tertiary/aromatic N) is 2. The third-order valence-corrected chi connectivity index (χ3v) is 5.41. The van der Waals surface area contributed by atoms with Crippen LogP contribution in [0.1, 0.15) is 12.0 Å². The van der Waals surface area contributed by atoms with E-state index in [4.69, 9.17) is 16.3 Å². The van der Waals surface area contributed by atoms with Gasteiger partial charge in [-0.25, -0.2) is 4.98 Å². The van der Waals surface area contributed by atoms with Gasteiger partial charge in [0.15, 0.2) is 5.16 Å². The van der Waals surface area contributed by atoms with Crippen molar-refractivity contribution in [2.45, 2.75) is 30.5 Å². The van der Waals surface area contributed by atoms with Gasteiger partial charge in [0.2, 0.25) is 0 Å². The highest BCUT2D eigenvalue weighted by molar-refractivity contribution is 7.98. The third-order valence-electron chi connectivity index (χ3n) is 4.13. The number of hydrogen-bond acceptors (Lipinski definition) is 5. The van der Waals surface area contributed by atoms with Crippen LogP contribution in [0.15, 0.2) is 52.4 Å². The van der Waals surface area contributed by atoms with E-state index in [1.54, 1.807) is 42.0 Å². The van der Waals surface area contributed by atoms with Crippen LogP contribution in [0.2, 0.25) is 5.02 Å². The molecule has 0 unspecified atom stereocenters. The third kappa shape index (κ3) is 5.68. The Balaban J connectivity index is 1.86. The van der Waals surface area contributed by atoms with Crippen LogP contribution >= 0.6 is 23.4 Å². The molecule has 29 heavy (non-hydrogen) atoms. The van der Waals surface area contributed by atoms with Crippen LogP contribution in [0.5, 0.6) is 5.75 Å². The summed E-state index contributed by atoms with van der Waals surface area (Å²) in [6.07, 6.45) is 0.671. The van der Waals surface area contributed by atoms with Crippen LogP contribution in [0, 0.1) is 0 Å². The van der Waals surface area contributed by atoms with Crippen molar-refractivity contribution in [3.05, 3.63) is 63.4 Å². The van der Waals surface area contributed by atoms with E-state index >= 15 is 0 Å². The Bertz CT molecular complexity index is 1030. The van der Waals surface area contributed by atoms with Crippen molar-refractivity contribution in [3.63, 3.8) is 0 Å². The predicted molar refractivity (Wildman–Crippen MR) is 110 cm³/mol. The molecule has 0 fully saturated rings. The molecule has 0 aliphatic heterocycles. The summed E-state index contributed by atoms with van der Waals surface area (Å²) < 4.78 is 35.6. The molecule has 1 aromatic heterocycles. The summed E-state index contributed by atoms with van der Waals surface area (Å²) in [4.78, 5) is 17.6. The van der Waals surface area contributed by atoms with Crippen LogP contribution in [-0.4, -0.2) is 29.9 Å². The van der Waals surface area contributed by atoms with Crippen molar-refractivity contribution in [3.8, 4) is 5.75 Å². The number of methoxy groups -OCH3 is 1. The SMILES string of the molecule is COCCCn1c(SCc2ccc(OC(F)F)cc2)nc2cc(Cl)ccc2c1=O. The second kappa shape index (κ2) is 10.0. The first-order chi connectivity index (χ1) is 14.0. The molecule has 0 aliphatic rings. The fraction of sp³-hybridized carbons (Fsp3) is 0.300. The number of aromatic nitrogens is 2. The Morgan fingerprint density at radius 3 is 2.66 bits per heavy atom. The standard InChI is InChI=1S/C20H19ClF2N2O3S/c1-27-10-2-9-25-18(26)16-8-5-14(21)11-17(16)24-20(25)29-12-13-3-6-15(7-4-13)28-19(22)23/h3-8,11,19H,2,9-10,12H2,1H3. The predicted octanol–water partition coefficient (Wildman–Crippen LogP) is 4.98. The van der Waals surface area contributed by atoms with Gasteiger partial charge in [0.05, 0.1) is 10.9 Å². The molecular weight excluding hydrogens is 422 g/mol. The maximum atomic E-state index is 13.0. The molecule has 2 aromatic carbocycles. The topological polar surface area (TPSA) is 53.4 Å². The highest BCUT2D eigenvalue weighted by Gasteiger charge is 2.12. The number of benzene rings is 2. The fourth-order valence-electron chi connectivity index (χ4n) is 2.76. The lowest BCUT2D eigenvalue weighted by molar-refractivity contribution is -0.0498. The molecule has 1 heterocycles. The number of halogens is 3. The molecule has 0 amide bonds. The lowest BCUT2D eigenvalue weighted by atomic mass is 10.2. The number of fused-ring (bicyclic) bond motifs is 1. The monoisotopic (exact) mass is 440 g/mol. The summed E-state index contributed by atoms with van der Waals surface area (Å²) in [5.41, 5.74) is 1.29. The average Bonchev–Trinajstić information content (AvgIpc) is 2.69. The summed E-state index contributed by atoms with van der Waals surface area (Å²) in [5, 5.41) is 1.57. The van der Waals surface area contributed by atoms with Gasteiger partial charge in [-0.1, -0.05) is 35.5 Å². The normalized spacial score (nSPS) is 11.3. The zero-order valence-electron chi connectivity index (χ0n) is 15.6. The zero-order valence-corrected chi connectivity index (χ0v) is 17.2. The molecule has 0 bridgehead atoms. The smallest absolute Gasteiger partial charge is 0.387 e. The molecule has 0 aliphatic carbocycles. The maximum absolute atomic E-state index is 13.0. The maximum Gasteiger partial charge on any atom is 0.387 e. The number of alkyl halides is 2. The molecular formula is C20H19ClF2N2O3S. The van der Waals surface area contributed by atoms with E-state index in [1.165, 1.54) is 23.9 Å². The van der Waals surface area contributed by atoms with Crippen molar-refractivity contribution in [1.29, 1.82) is 0 Å². The van der Waals surface area contributed by atoms with E-state index in [0.29, 0.717) is 46.4 Å². The Labute approximate surface area is 175 Å². The molecule has 0 saturated heterocycles. The van der Waals surface area contributed by atoms with Gasteiger partial charge in [-0.2, -0.15) is 8.78 Å². The van der Waals surface area contributed by atoms with Crippen LogP contribution in [-0.2, 0) is 17.0 Å². The Kier molecular flexibility index (Phi) is 7.46. The molecule has 0 saturated carbocycles. The molecule has 5 nitrogen and oxygen atoms in total. The molecule has 3 rings (SSSR count). The molecule has 0 radical (unpaired) electrons.